The van der Waals surface area contributed by atoms with Crippen molar-refractivity contribution in [2.75, 3.05) is 14.2 Å². The van der Waals surface area contributed by atoms with Crippen LogP contribution in [0.5, 0.6) is 0 Å². The Hall–Kier alpha value is -4.11. The first kappa shape index (κ1) is 24.0. The summed E-state index contributed by atoms with van der Waals surface area (Å²) < 4.78 is 6.85. The summed E-state index contributed by atoms with van der Waals surface area (Å²) in [4.78, 5) is 42.4. The highest BCUT2D eigenvalue weighted by atomic mass is 32.2. The summed E-state index contributed by atoms with van der Waals surface area (Å²) in [5, 5.41) is 9.56. The number of benzene rings is 2. The summed E-state index contributed by atoms with van der Waals surface area (Å²) in [5.41, 5.74) is 4.75. The normalized spacial score (nSPS) is 15.8. The van der Waals surface area contributed by atoms with Gasteiger partial charge in [0.25, 0.3) is 5.91 Å². The molecular weight excluding hydrogens is 466 g/mol. The predicted octanol–water partition coefficient (Wildman–Crippen LogP) is 4.81. The van der Waals surface area contributed by atoms with Crippen molar-refractivity contribution < 1.29 is 24.2 Å². The number of carboxylic acids is 1. The second-order valence-electron chi connectivity index (χ2n) is 7.93. The third-order valence-corrected chi connectivity index (χ3v) is 6.69. The quantitative estimate of drug-likeness (QED) is 0.408. The fraction of sp³-hybridized carbons (Fsp3) is 0.154. The van der Waals surface area contributed by atoms with Gasteiger partial charge in [0.1, 0.15) is 0 Å². The average molecular weight is 490 g/mol. The molecule has 0 spiro atoms. The molecule has 1 aromatic heterocycles. The molecule has 0 bridgehead atoms. The maximum absolute atomic E-state index is 12.9. The fourth-order valence-corrected chi connectivity index (χ4v) is 4.78. The molecule has 9 heteroatoms. The Morgan fingerprint density at radius 2 is 1.77 bits per heavy atom. The first-order valence-corrected chi connectivity index (χ1v) is 11.5. The molecule has 0 radical (unpaired) electrons. The maximum atomic E-state index is 12.9. The Kier molecular flexibility index (Phi) is 6.61. The summed E-state index contributed by atoms with van der Waals surface area (Å²) in [6, 6.07) is 15.3. The minimum Gasteiger partial charge on any atom is -0.478 e. The van der Waals surface area contributed by atoms with Crippen molar-refractivity contribution in [1.29, 1.82) is 0 Å². The van der Waals surface area contributed by atoms with E-state index in [0.29, 0.717) is 21.3 Å². The summed E-state index contributed by atoms with van der Waals surface area (Å²) in [6.07, 6.45) is 1.84. The second-order valence-corrected chi connectivity index (χ2v) is 8.93. The van der Waals surface area contributed by atoms with Gasteiger partial charge in [0.05, 0.1) is 28.8 Å². The van der Waals surface area contributed by atoms with Crippen LogP contribution in [0.2, 0.25) is 0 Å². The van der Waals surface area contributed by atoms with Crippen molar-refractivity contribution >= 4 is 46.5 Å². The molecule has 8 nitrogen and oxygen atoms in total. The minimum absolute atomic E-state index is 0.172. The molecular formula is C26H23N3O5S. The largest absolute Gasteiger partial charge is 0.478 e. The maximum Gasteiger partial charge on any atom is 0.337 e. The number of hydrogen-bond acceptors (Lipinski definition) is 6. The zero-order valence-corrected chi connectivity index (χ0v) is 20.4. The van der Waals surface area contributed by atoms with Crippen LogP contribution in [0, 0.1) is 13.8 Å². The van der Waals surface area contributed by atoms with Crippen molar-refractivity contribution in [2.24, 2.45) is 4.99 Å². The number of esters is 1. The van der Waals surface area contributed by atoms with Gasteiger partial charge in [-0.2, -0.15) is 0 Å². The second kappa shape index (κ2) is 9.63. The van der Waals surface area contributed by atoms with Crippen LogP contribution in [-0.4, -0.2) is 51.7 Å². The topological polar surface area (TPSA) is 101 Å². The Morgan fingerprint density at radius 3 is 2.43 bits per heavy atom. The first-order valence-electron chi connectivity index (χ1n) is 10.7. The Labute approximate surface area is 206 Å². The molecule has 1 aliphatic heterocycles. The number of aliphatic imine (C=N–C) groups is 1. The van der Waals surface area contributed by atoms with Crippen LogP contribution in [0.1, 0.15) is 37.7 Å². The number of methoxy groups -OCH3 is 1. The molecule has 1 saturated heterocycles. The Bertz CT molecular complexity index is 1400. The number of thioether (sulfide) groups is 1. The van der Waals surface area contributed by atoms with Crippen molar-refractivity contribution in [3.05, 3.63) is 87.6 Å². The van der Waals surface area contributed by atoms with Crippen LogP contribution in [-0.2, 0) is 9.53 Å². The lowest BCUT2D eigenvalue weighted by atomic mass is 10.2. The Morgan fingerprint density at radius 1 is 1.06 bits per heavy atom. The van der Waals surface area contributed by atoms with E-state index in [1.807, 2.05) is 36.6 Å². The van der Waals surface area contributed by atoms with Crippen LogP contribution in [0.15, 0.2) is 64.5 Å². The fourth-order valence-electron chi connectivity index (χ4n) is 3.80. The van der Waals surface area contributed by atoms with Crippen LogP contribution in [0.4, 0.5) is 5.69 Å². The lowest BCUT2D eigenvalue weighted by Gasteiger charge is -2.11. The lowest BCUT2D eigenvalue weighted by molar-refractivity contribution is -0.121. The van der Waals surface area contributed by atoms with Crippen LogP contribution < -0.4 is 0 Å². The summed E-state index contributed by atoms with van der Waals surface area (Å²) in [7, 11) is 3.00. The van der Waals surface area contributed by atoms with Crippen LogP contribution in [0.3, 0.4) is 0 Å². The molecule has 1 fully saturated rings. The van der Waals surface area contributed by atoms with Gasteiger partial charge in [-0.25, -0.2) is 14.6 Å². The average Bonchev–Trinajstić information content (AvgIpc) is 3.28. The van der Waals surface area contributed by atoms with E-state index in [4.69, 9.17) is 9.84 Å². The van der Waals surface area contributed by atoms with Crippen molar-refractivity contribution in [3.8, 4) is 5.69 Å². The zero-order valence-electron chi connectivity index (χ0n) is 19.6. The molecule has 1 amide bonds. The molecule has 1 aliphatic rings. The number of aromatic carboxylic acids is 1. The van der Waals surface area contributed by atoms with E-state index in [9.17, 15) is 14.4 Å². The molecule has 0 aliphatic carbocycles. The van der Waals surface area contributed by atoms with Gasteiger partial charge in [0.2, 0.25) is 0 Å². The number of ether oxygens (including phenoxy) is 1. The minimum atomic E-state index is -1.01. The number of carbonyl (C=O) groups excluding carboxylic acids is 2. The summed E-state index contributed by atoms with van der Waals surface area (Å²) >= 11 is 1.26. The number of nitrogens with zero attached hydrogens (tertiary/aromatic N) is 3. The molecule has 178 valence electrons. The van der Waals surface area contributed by atoms with Gasteiger partial charge in [0, 0.05) is 24.1 Å². The molecule has 0 saturated carbocycles. The number of hydrogen-bond donors (Lipinski definition) is 1. The highest BCUT2D eigenvalue weighted by molar-refractivity contribution is 8.18. The van der Waals surface area contributed by atoms with Gasteiger partial charge in [-0.1, -0.05) is 6.07 Å². The number of carboxylic acid groups (broad SMARTS) is 1. The predicted molar refractivity (Wildman–Crippen MR) is 135 cm³/mol. The lowest BCUT2D eigenvalue weighted by Crippen LogP contribution is -2.23. The standard InChI is InChI=1S/C26H23N3O5S/c1-15-12-19(16(2)29(15)21-7-5-6-18(13-21)25(33)34-4)14-22-23(30)28(3)26(35-22)27-20-10-8-17(9-11-20)24(31)32/h5-14H,1-4H3,(H,31,32)/b22-14-,27-26?. The van der Waals surface area contributed by atoms with E-state index in [0.717, 1.165) is 22.6 Å². The third-order valence-electron chi connectivity index (χ3n) is 5.62. The molecule has 1 N–H and O–H groups in total. The van der Waals surface area contributed by atoms with E-state index in [2.05, 4.69) is 4.99 Å². The van der Waals surface area contributed by atoms with E-state index in [-0.39, 0.29) is 11.5 Å². The monoisotopic (exact) mass is 489 g/mol. The van der Waals surface area contributed by atoms with Gasteiger partial charge in [-0.3, -0.25) is 9.69 Å². The summed E-state index contributed by atoms with van der Waals surface area (Å²) in [6.45, 7) is 3.92. The molecule has 0 atom stereocenters. The SMILES string of the molecule is COC(=O)c1cccc(-n2c(C)cc(/C=C3\SC(=Nc4ccc(C(=O)O)cc4)N(C)C3=O)c2C)c1. The molecule has 2 heterocycles. The van der Waals surface area contributed by atoms with E-state index < -0.39 is 11.9 Å². The van der Waals surface area contributed by atoms with E-state index >= 15 is 0 Å². The molecule has 4 rings (SSSR count). The van der Waals surface area contributed by atoms with Gasteiger partial charge < -0.3 is 14.4 Å². The number of amidine groups is 1. The molecule has 3 aromatic rings. The summed E-state index contributed by atoms with van der Waals surface area (Å²) in [5.74, 6) is -1.59. The Balaban J connectivity index is 1.65. The zero-order chi connectivity index (χ0) is 25.3. The smallest absolute Gasteiger partial charge is 0.337 e. The van der Waals surface area contributed by atoms with Crippen LogP contribution >= 0.6 is 11.8 Å². The number of amides is 1. The van der Waals surface area contributed by atoms with Crippen molar-refractivity contribution in [1.82, 2.24) is 9.47 Å². The van der Waals surface area contributed by atoms with Crippen molar-refractivity contribution in [3.63, 3.8) is 0 Å². The highest BCUT2D eigenvalue weighted by Gasteiger charge is 2.30. The first-order chi connectivity index (χ1) is 16.7. The number of aryl methyl sites for hydroxylation is 1. The van der Waals surface area contributed by atoms with Gasteiger partial charge in [-0.05, 0) is 85.8 Å². The van der Waals surface area contributed by atoms with E-state index in [1.54, 1.807) is 37.4 Å². The number of rotatable bonds is 5. The molecule has 35 heavy (non-hydrogen) atoms. The highest BCUT2D eigenvalue weighted by Crippen LogP contribution is 2.34. The number of aromatic nitrogens is 1. The van der Waals surface area contributed by atoms with Gasteiger partial charge in [-0.15, -0.1) is 0 Å². The van der Waals surface area contributed by atoms with Crippen molar-refractivity contribution in [2.45, 2.75) is 13.8 Å². The third kappa shape index (κ3) is 4.76. The number of carbonyl (C=O) groups is 3. The van der Waals surface area contributed by atoms with Crippen LogP contribution in [0.25, 0.3) is 11.8 Å². The molecule has 0 unspecified atom stereocenters. The molecule has 2 aromatic carbocycles. The van der Waals surface area contributed by atoms with E-state index in [1.165, 1.54) is 35.9 Å². The van der Waals surface area contributed by atoms with Gasteiger partial charge >= 0.3 is 11.9 Å². The van der Waals surface area contributed by atoms with Gasteiger partial charge in [0.15, 0.2) is 5.17 Å². The number of likely N-dealkylation sites (N-methyl/N-ethyl adjacent to an activating group) is 1.